The van der Waals surface area contributed by atoms with Crippen LogP contribution in [-0.4, -0.2) is 37.4 Å². The van der Waals surface area contributed by atoms with Gasteiger partial charge in [0.25, 0.3) is 7.82 Å². The van der Waals surface area contributed by atoms with E-state index in [2.05, 4.69) is 76.2 Å². The molecule has 0 saturated carbocycles. The fourth-order valence-electron chi connectivity index (χ4n) is 7.29. The molecule has 0 aromatic heterocycles. The predicted octanol–water partition coefficient (Wildman–Crippen LogP) is 13.2. The Bertz CT molecular complexity index is 834. The first-order valence-corrected chi connectivity index (χ1v) is 23.3. The summed E-state index contributed by atoms with van der Waals surface area (Å²) in [6.07, 6.45) is 25.0. The topological polar surface area (TPSA) is 88.1 Å². The summed E-state index contributed by atoms with van der Waals surface area (Å²) in [5.74, 6) is 5.48. The zero-order valence-electron chi connectivity index (χ0n) is 36.6. The van der Waals surface area contributed by atoms with Crippen LogP contribution in [0.1, 0.15) is 205 Å². The minimum absolute atomic E-state index is 0. The van der Waals surface area contributed by atoms with Crippen LogP contribution in [0.5, 0.6) is 0 Å². The van der Waals surface area contributed by atoms with Gasteiger partial charge in [-0.2, -0.15) is 0 Å². The molecule has 0 rings (SSSR count). The van der Waals surface area contributed by atoms with E-state index in [0.717, 1.165) is 54.8 Å². The molecular weight excluding hydrogens is 744 g/mol. The van der Waals surface area contributed by atoms with Crippen molar-refractivity contribution in [2.24, 2.45) is 46.8 Å². The first kappa shape index (κ1) is 55.2. The van der Waals surface area contributed by atoms with E-state index >= 15 is 0 Å². The monoisotopic (exact) mass is 835 g/mol. The van der Waals surface area contributed by atoms with E-state index in [9.17, 15) is 9.46 Å². The quantitative estimate of drug-likeness (QED) is 0.0500. The van der Waals surface area contributed by atoms with E-state index in [1.807, 2.05) is 0 Å². The number of hydrogen-bond donors (Lipinski definition) is 1. The summed E-state index contributed by atoms with van der Waals surface area (Å²) in [6, 6.07) is 0. The summed E-state index contributed by atoms with van der Waals surface area (Å²) in [7, 11) is -4.81. The molecule has 0 spiro atoms. The third-order valence-electron chi connectivity index (χ3n) is 11.3. The maximum atomic E-state index is 11.3. The Balaban J connectivity index is 0. The van der Waals surface area contributed by atoms with Crippen molar-refractivity contribution in [3.63, 3.8) is 0 Å². The molecule has 0 amide bonds. The molecule has 6 nitrogen and oxygen atoms in total. The maximum Gasteiger partial charge on any atom is 0.265 e. The van der Waals surface area contributed by atoms with Crippen molar-refractivity contribution in [2.45, 2.75) is 211 Å². The van der Waals surface area contributed by atoms with Crippen LogP contribution in [0.3, 0.4) is 0 Å². The van der Waals surface area contributed by atoms with Crippen LogP contribution in [0.25, 0.3) is 0 Å². The van der Waals surface area contributed by atoms with Crippen LogP contribution >= 0.6 is 7.82 Å². The number of rotatable bonds is 36. The normalized spacial score (nSPS) is 17.1. The van der Waals surface area contributed by atoms with Crippen molar-refractivity contribution >= 4 is 7.82 Å². The molecule has 311 valence electrons. The van der Waals surface area contributed by atoms with Gasteiger partial charge in [-0.05, 0) is 66.1 Å². The van der Waals surface area contributed by atoms with E-state index in [1.54, 1.807) is 0 Å². The van der Waals surface area contributed by atoms with Gasteiger partial charge >= 0.3 is 0 Å². The Kier molecular flexibility index (Phi) is 35.2. The van der Waals surface area contributed by atoms with Gasteiger partial charge in [0.05, 0.1) is 13.2 Å². The summed E-state index contributed by atoms with van der Waals surface area (Å²) in [4.78, 5) is 20.4. The van der Waals surface area contributed by atoms with Gasteiger partial charge in [0.2, 0.25) is 0 Å². The molecule has 7 unspecified atom stereocenters. The van der Waals surface area contributed by atoms with Gasteiger partial charge in [-0.15, -0.1) is 0 Å². The SMILES string of the molecule is CC(C)CCCC(C)CCCC(C)CCCC(C)CCOCC(COP(=O)([O-])O)OCCC(C)(C)CCCC(C)CCCC(C)CCCC(C)C.[Y]. The molecule has 0 fully saturated rings. The van der Waals surface area contributed by atoms with E-state index in [4.69, 9.17) is 18.9 Å². The van der Waals surface area contributed by atoms with Gasteiger partial charge in [0.1, 0.15) is 6.10 Å². The number of ether oxygens (including phenoxy) is 2. The van der Waals surface area contributed by atoms with Crippen molar-refractivity contribution in [1.82, 2.24) is 0 Å². The van der Waals surface area contributed by atoms with Crippen LogP contribution < -0.4 is 4.89 Å². The third-order valence-corrected chi connectivity index (χ3v) is 11.8. The Morgan fingerprint density at radius 3 is 1.29 bits per heavy atom. The van der Waals surface area contributed by atoms with Gasteiger partial charge in [-0.25, -0.2) is 0 Å². The molecule has 0 aromatic carbocycles. The van der Waals surface area contributed by atoms with Gasteiger partial charge in [0.15, 0.2) is 0 Å². The second kappa shape index (κ2) is 33.1. The fourth-order valence-corrected chi connectivity index (χ4v) is 7.65. The van der Waals surface area contributed by atoms with Crippen LogP contribution in [0.15, 0.2) is 0 Å². The molecule has 7 atom stereocenters. The van der Waals surface area contributed by atoms with Crippen LogP contribution in [-0.2, 0) is 51.3 Å². The maximum absolute atomic E-state index is 11.3. The molecule has 1 N–H and O–H groups in total. The van der Waals surface area contributed by atoms with Gasteiger partial charge in [-0.3, -0.25) is 4.57 Å². The predicted molar refractivity (Wildman–Crippen MR) is 218 cm³/mol. The van der Waals surface area contributed by atoms with Crippen LogP contribution in [0.4, 0.5) is 0 Å². The Morgan fingerprint density at radius 2 is 0.904 bits per heavy atom. The van der Waals surface area contributed by atoms with Crippen LogP contribution in [0.2, 0.25) is 0 Å². The van der Waals surface area contributed by atoms with Crippen molar-refractivity contribution in [3.05, 3.63) is 0 Å². The zero-order chi connectivity index (χ0) is 38.7. The number of hydrogen-bond acceptors (Lipinski definition) is 5. The molecule has 0 bridgehead atoms. The molecule has 0 aromatic rings. The first-order valence-electron chi connectivity index (χ1n) is 21.8. The molecule has 0 aliphatic heterocycles. The van der Waals surface area contributed by atoms with Crippen molar-refractivity contribution in [1.29, 1.82) is 0 Å². The Morgan fingerprint density at radius 1 is 0.538 bits per heavy atom. The van der Waals surface area contributed by atoms with Crippen molar-refractivity contribution in [2.75, 3.05) is 26.4 Å². The Hall–Kier alpha value is 1.13. The Labute approximate surface area is 350 Å². The van der Waals surface area contributed by atoms with Gasteiger partial charge < -0.3 is 23.8 Å². The molecule has 0 saturated heterocycles. The molecule has 0 aliphatic carbocycles. The van der Waals surface area contributed by atoms with Crippen molar-refractivity contribution < 1.29 is 61.1 Å². The standard InChI is InChI=1S/C44H91O6P.Y/c1-36(2)18-12-20-38(5)22-14-24-40(7)25-16-27-42(9)29-32-48-34-43(35-50-51(45,46)47)49-33-31-44(10,11)30-17-28-41(8)26-15-23-39(6)21-13-19-37(3)4;/h36-43H,12-35H2,1-11H3,(H2,45,46,47);/p-1. The second-order valence-electron chi connectivity index (χ2n) is 18.9. The minimum atomic E-state index is -4.81. The average Bonchev–Trinajstić information content (AvgIpc) is 3.00. The zero-order valence-corrected chi connectivity index (χ0v) is 40.3. The second-order valence-corrected chi connectivity index (χ2v) is 20.1. The first-order chi connectivity index (χ1) is 23.9. The largest absolute Gasteiger partial charge is 0.756 e. The molecule has 8 heteroatoms. The summed E-state index contributed by atoms with van der Waals surface area (Å²) in [5, 5.41) is 0. The molecular formula is C44H90O6PY-. The molecule has 0 heterocycles. The molecule has 52 heavy (non-hydrogen) atoms. The van der Waals surface area contributed by atoms with E-state index < -0.39 is 13.9 Å². The van der Waals surface area contributed by atoms with Gasteiger partial charge in [0, 0.05) is 45.9 Å². The van der Waals surface area contributed by atoms with E-state index in [-0.39, 0.29) is 51.3 Å². The molecule has 1 radical (unpaired) electrons. The van der Waals surface area contributed by atoms with Crippen LogP contribution in [0, 0.1) is 46.8 Å². The number of phosphoric acid groups is 1. The number of phosphoric ester groups is 1. The van der Waals surface area contributed by atoms with Crippen molar-refractivity contribution in [3.8, 4) is 0 Å². The smallest absolute Gasteiger partial charge is 0.265 e. The molecule has 0 aliphatic rings. The minimum Gasteiger partial charge on any atom is -0.756 e. The summed E-state index contributed by atoms with van der Waals surface area (Å²) >= 11 is 0. The van der Waals surface area contributed by atoms with E-state index in [1.165, 1.54) is 109 Å². The third kappa shape index (κ3) is 38.0. The summed E-state index contributed by atoms with van der Waals surface area (Å²) in [5.41, 5.74) is 0.139. The van der Waals surface area contributed by atoms with E-state index in [0.29, 0.717) is 19.1 Å². The summed E-state index contributed by atoms with van der Waals surface area (Å²) < 4.78 is 28.0. The summed E-state index contributed by atoms with van der Waals surface area (Å²) in [6.45, 7) is 27.0. The average molecular weight is 835 g/mol. The fraction of sp³-hybridized carbons (Fsp3) is 1.00. The van der Waals surface area contributed by atoms with Gasteiger partial charge in [-0.1, -0.05) is 185 Å².